The van der Waals surface area contributed by atoms with Crippen LogP contribution in [0.15, 0.2) is 6.07 Å². The van der Waals surface area contributed by atoms with Crippen LogP contribution in [-0.4, -0.2) is 23.8 Å². The first kappa shape index (κ1) is 16.6. The molecule has 1 heterocycles. The maximum absolute atomic E-state index is 5.96. The fourth-order valence-corrected chi connectivity index (χ4v) is 3.44. The maximum atomic E-state index is 5.96. The van der Waals surface area contributed by atoms with Crippen molar-refractivity contribution in [2.75, 3.05) is 13.2 Å². The van der Waals surface area contributed by atoms with Crippen LogP contribution < -0.4 is 5.32 Å². The van der Waals surface area contributed by atoms with Crippen LogP contribution in [0.1, 0.15) is 62.4 Å². The van der Waals surface area contributed by atoms with Gasteiger partial charge in [0.05, 0.1) is 6.10 Å². The van der Waals surface area contributed by atoms with Gasteiger partial charge in [0.25, 0.3) is 0 Å². The molecular weight excluding hydrogens is 260 g/mol. The maximum Gasteiger partial charge on any atom is 0.0575 e. The van der Waals surface area contributed by atoms with Crippen LogP contribution in [0.2, 0.25) is 0 Å². The second-order valence-electron chi connectivity index (χ2n) is 6.30. The Morgan fingerprint density at radius 3 is 2.67 bits per heavy atom. The van der Waals surface area contributed by atoms with Gasteiger partial charge in [-0.15, -0.1) is 0 Å². The number of ether oxygens (including phenoxy) is 1. The highest BCUT2D eigenvalue weighted by Gasteiger charge is 2.13. The minimum atomic E-state index is 0.544. The van der Waals surface area contributed by atoms with Crippen LogP contribution in [0.3, 0.4) is 0 Å². The summed E-state index contributed by atoms with van der Waals surface area (Å²) in [5.74, 6) is 0. The van der Waals surface area contributed by atoms with E-state index in [9.17, 15) is 0 Å². The molecule has 1 saturated carbocycles. The Kier molecular flexibility index (Phi) is 6.78. The Hall–Kier alpha value is -0.800. The summed E-state index contributed by atoms with van der Waals surface area (Å²) in [5.41, 5.74) is 4.20. The van der Waals surface area contributed by atoms with E-state index in [2.05, 4.69) is 36.7 Å². The van der Waals surface area contributed by atoms with Gasteiger partial charge in [0, 0.05) is 31.1 Å². The lowest BCUT2D eigenvalue weighted by Crippen LogP contribution is -2.20. The molecule has 3 heteroatoms. The van der Waals surface area contributed by atoms with Gasteiger partial charge in [0.2, 0.25) is 0 Å². The van der Waals surface area contributed by atoms with Gasteiger partial charge in [-0.1, -0.05) is 19.3 Å². The molecule has 1 aliphatic carbocycles. The van der Waals surface area contributed by atoms with E-state index in [1.807, 2.05) is 0 Å². The largest absolute Gasteiger partial charge is 0.378 e. The van der Waals surface area contributed by atoms with Crippen molar-refractivity contribution < 1.29 is 4.74 Å². The van der Waals surface area contributed by atoms with E-state index in [0.717, 1.165) is 32.7 Å². The van der Waals surface area contributed by atoms with Gasteiger partial charge in [0.15, 0.2) is 0 Å². The van der Waals surface area contributed by atoms with Crippen molar-refractivity contribution in [1.29, 1.82) is 0 Å². The van der Waals surface area contributed by atoms with Crippen molar-refractivity contribution >= 4 is 0 Å². The average molecular weight is 292 g/mol. The molecule has 0 spiro atoms. The molecule has 21 heavy (non-hydrogen) atoms. The van der Waals surface area contributed by atoms with Crippen LogP contribution in [0.5, 0.6) is 0 Å². The third-order valence-electron chi connectivity index (χ3n) is 4.71. The molecule has 0 saturated heterocycles. The highest BCUT2D eigenvalue weighted by Crippen LogP contribution is 2.20. The molecule has 3 nitrogen and oxygen atoms in total. The second kappa shape index (κ2) is 8.60. The lowest BCUT2D eigenvalue weighted by molar-refractivity contribution is 0.0273. The molecule has 0 atom stereocenters. The quantitative estimate of drug-likeness (QED) is 0.734. The van der Waals surface area contributed by atoms with Gasteiger partial charge in [-0.2, -0.15) is 0 Å². The molecule has 1 N–H and O–H groups in total. The molecule has 0 aromatic carbocycles. The van der Waals surface area contributed by atoms with Crippen LogP contribution >= 0.6 is 0 Å². The second-order valence-corrected chi connectivity index (χ2v) is 6.30. The van der Waals surface area contributed by atoms with Crippen LogP contribution in [0.25, 0.3) is 0 Å². The summed E-state index contributed by atoms with van der Waals surface area (Å²) in [6.07, 6.45) is 8.32. The topological polar surface area (TPSA) is 26.2 Å². The lowest BCUT2D eigenvalue weighted by atomic mass is 9.98. The first-order valence-electron chi connectivity index (χ1n) is 8.70. The molecule has 0 aliphatic heterocycles. The molecule has 1 aromatic heterocycles. The number of hydrogen-bond donors (Lipinski definition) is 1. The van der Waals surface area contributed by atoms with Crippen molar-refractivity contribution in [3.05, 3.63) is 23.0 Å². The van der Waals surface area contributed by atoms with E-state index in [0.29, 0.717) is 6.10 Å². The molecule has 120 valence electrons. The highest BCUT2D eigenvalue weighted by molar-refractivity contribution is 5.26. The first-order chi connectivity index (χ1) is 10.2. The van der Waals surface area contributed by atoms with E-state index in [1.54, 1.807) is 0 Å². The van der Waals surface area contributed by atoms with Crippen LogP contribution in [-0.2, 0) is 17.8 Å². The van der Waals surface area contributed by atoms with Gasteiger partial charge in [-0.25, -0.2) is 0 Å². The molecular formula is C18H32N2O. The van der Waals surface area contributed by atoms with Gasteiger partial charge in [0.1, 0.15) is 0 Å². The summed E-state index contributed by atoms with van der Waals surface area (Å²) in [7, 11) is 0. The fourth-order valence-electron chi connectivity index (χ4n) is 3.44. The predicted molar refractivity (Wildman–Crippen MR) is 88.7 cm³/mol. The van der Waals surface area contributed by atoms with Crippen LogP contribution in [0.4, 0.5) is 0 Å². The van der Waals surface area contributed by atoms with E-state index < -0.39 is 0 Å². The highest BCUT2D eigenvalue weighted by atomic mass is 16.5. The van der Waals surface area contributed by atoms with E-state index in [1.165, 1.54) is 49.1 Å². The number of nitrogens with one attached hydrogen (secondary N) is 1. The zero-order chi connectivity index (χ0) is 15.1. The summed E-state index contributed by atoms with van der Waals surface area (Å²) < 4.78 is 8.33. The minimum Gasteiger partial charge on any atom is -0.378 e. The minimum absolute atomic E-state index is 0.544. The Labute approximate surface area is 130 Å². The molecule has 2 rings (SSSR count). The predicted octanol–water partition coefficient (Wildman–Crippen LogP) is 3.95. The van der Waals surface area contributed by atoms with Crippen molar-refractivity contribution in [3.8, 4) is 0 Å². The van der Waals surface area contributed by atoms with Crippen molar-refractivity contribution in [2.45, 2.75) is 78.5 Å². The standard InChI is InChI=1S/C18H32N2O/c1-4-20-15(2)13-17(16(20)3)14-19-11-8-12-21-18-9-6-5-7-10-18/h13,18-19H,4-12,14H2,1-3H3. The zero-order valence-electron chi connectivity index (χ0n) is 14.1. The number of aryl methyl sites for hydroxylation is 1. The Balaban J connectivity index is 1.59. The molecule has 0 unspecified atom stereocenters. The molecule has 0 radical (unpaired) electrons. The Morgan fingerprint density at radius 2 is 2.00 bits per heavy atom. The number of rotatable bonds is 8. The molecule has 1 aliphatic rings. The summed E-state index contributed by atoms with van der Waals surface area (Å²) in [5, 5.41) is 3.55. The van der Waals surface area contributed by atoms with Gasteiger partial charge in [-0.05, 0) is 58.2 Å². The SMILES string of the molecule is CCn1c(C)cc(CNCCCOC2CCCCC2)c1C. The normalized spacial score (nSPS) is 16.5. The number of nitrogens with zero attached hydrogens (tertiary/aromatic N) is 1. The third kappa shape index (κ3) is 4.86. The van der Waals surface area contributed by atoms with Gasteiger partial charge in [-0.3, -0.25) is 0 Å². The number of hydrogen-bond acceptors (Lipinski definition) is 2. The molecule has 1 aromatic rings. The first-order valence-corrected chi connectivity index (χ1v) is 8.70. The summed E-state index contributed by atoms with van der Waals surface area (Å²) in [4.78, 5) is 0. The molecule has 0 amide bonds. The average Bonchev–Trinajstić information content (AvgIpc) is 2.77. The summed E-state index contributed by atoms with van der Waals surface area (Å²) >= 11 is 0. The van der Waals surface area contributed by atoms with Gasteiger partial charge < -0.3 is 14.6 Å². The third-order valence-corrected chi connectivity index (χ3v) is 4.71. The van der Waals surface area contributed by atoms with Crippen molar-refractivity contribution in [1.82, 2.24) is 9.88 Å². The Bertz CT molecular complexity index is 419. The van der Waals surface area contributed by atoms with Crippen LogP contribution in [0, 0.1) is 13.8 Å². The lowest BCUT2D eigenvalue weighted by Gasteiger charge is -2.21. The van der Waals surface area contributed by atoms with E-state index in [-0.39, 0.29) is 0 Å². The smallest absolute Gasteiger partial charge is 0.0575 e. The zero-order valence-corrected chi connectivity index (χ0v) is 14.1. The summed E-state index contributed by atoms with van der Waals surface area (Å²) in [6, 6.07) is 2.31. The molecule has 1 fully saturated rings. The Morgan fingerprint density at radius 1 is 1.24 bits per heavy atom. The molecule has 0 bridgehead atoms. The van der Waals surface area contributed by atoms with Gasteiger partial charge >= 0.3 is 0 Å². The monoisotopic (exact) mass is 292 g/mol. The fraction of sp³-hybridized carbons (Fsp3) is 0.778. The number of aromatic nitrogens is 1. The van der Waals surface area contributed by atoms with Crippen molar-refractivity contribution in [2.24, 2.45) is 0 Å². The van der Waals surface area contributed by atoms with E-state index in [4.69, 9.17) is 4.74 Å². The summed E-state index contributed by atoms with van der Waals surface area (Å²) in [6.45, 7) is 10.6. The van der Waals surface area contributed by atoms with E-state index >= 15 is 0 Å². The van der Waals surface area contributed by atoms with Crippen molar-refractivity contribution in [3.63, 3.8) is 0 Å².